The SMILES string of the molecule is Cn1c2c(c(=O)n(CCCO)c1=O)N(Cc1ccc(F)c(F)c1)CN2C#CCOC1CCCCC1. The van der Waals surface area contributed by atoms with Gasteiger partial charge in [0, 0.05) is 32.8 Å². The van der Waals surface area contributed by atoms with E-state index >= 15 is 0 Å². The van der Waals surface area contributed by atoms with E-state index in [-0.39, 0.29) is 51.2 Å². The fraction of sp³-hybridized carbons (Fsp3) is 0.520. The first kappa shape index (κ1) is 24.9. The maximum atomic E-state index is 13.8. The van der Waals surface area contributed by atoms with Gasteiger partial charge in [-0.1, -0.05) is 31.2 Å². The predicted octanol–water partition coefficient (Wildman–Crippen LogP) is 2.30. The minimum atomic E-state index is -0.973. The molecular formula is C25H30F2N4O4. The Morgan fingerprint density at radius 2 is 1.91 bits per heavy atom. The fourth-order valence-electron chi connectivity index (χ4n) is 4.66. The second-order valence-electron chi connectivity index (χ2n) is 8.92. The van der Waals surface area contributed by atoms with E-state index in [1.165, 1.54) is 17.1 Å². The zero-order valence-electron chi connectivity index (χ0n) is 19.8. The van der Waals surface area contributed by atoms with E-state index in [1.54, 1.807) is 16.8 Å². The van der Waals surface area contributed by atoms with Crippen molar-refractivity contribution in [1.29, 1.82) is 0 Å². The van der Waals surface area contributed by atoms with E-state index in [0.717, 1.165) is 42.4 Å². The van der Waals surface area contributed by atoms with Crippen molar-refractivity contribution in [2.24, 2.45) is 7.05 Å². The minimum absolute atomic E-state index is 0.0647. The molecule has 35 heavy (non-hydrogen) atoms. The third-order valence-corrected chi connectivity index (χ3v) is 6.43. The van der Waals surface area contributed by atoms with Gasteiger partial charge in [-0.05, 0) is 37.0 Å². The first-order chi connectivity index (χ1) is 16.9. The molecule has 0 spiro atoms. The number of aromatic nitrogens is 2. The van der Waals surface area contributed by atoms with Gasteiger partial charge in [-0.3, -0.25) is 18.8 Å². The molecule has 1 aromatic carbocycles. The molecule has 2 aliphatic rings. The summed E-state index contributed by atoms with van der Waals surface area (Å²) in [7, 11) is 1.56. The number of rotatable bonds is 7. The fourth-order valence-corrected chi connectivity index (χ4v) is 4.66. The topological polar surface area (TPSA) is 79.9 Å². The first-order valence-electron chi connectivity index (χ1n) is 11.9. The second-order valence-corrected chi connectivity index (χ2v) is 8.92. The van der Waals surface area contributed by atoms with Gasteiger partial charge in [-0.25, -0.2) is 13.6 Å². The van der Waals surface area contributed by atoms with Crippen LogP contribution in [0, 0.1) is 23.6 Å². The Hall–Kier alpha value is -3.16. The molecular weight excluding hydrogens is 458 g/mol. The predicted molar refractivity (Wildman–Crippen MR) is 128 cm³/mol. The van der Waals surface area contributed by atoms with Crippen molar-refractivity contribution in [2.45, 2.75) is 57.7 Å². The Bertz CT molecular complexity index is 1240. The molecule has 0 amide bonds. The lowest BCUT2D eigenvalue weighted by atomic mass is 9.98. The summed E-state index contributed by atoms with van der Waals surface area (Å²) in [6, 6.07) is 6.60. The molecule has 10 heteroatoms. The van der Waals surface area contributed by atoms with Crippen LogP contribution in [-0.2, 0) is 24.9 Å². The van der Waals surface area contributed by atoms with E-state index in [1.807, 2.05) is 0 Å². The van der Waals surface area contributed by atoms with Gasteiger partial charge in [0.05, 0.1) is 6.10 Å². The van der Waals surface area contributed by atoms with Gasteiger partial charge in [0.25, 0.3) is 5.56 Å². The maximum Gasteiger partial charge on any atom is 0.332 e. The largest absolute Gasteiger partial charge is 0.396 e. The van der Waals surface area contributed by atoms with Crippen molar-refractivity contribution in [2.75, 3.05) is 29.7 Å². The van der Waals surface area contributed by atoms with Crippen LogP contribution < -0.4 is 21.0 Å². The molecule has 4 rings (SSSR count). The number of benzene rings is 1. The van der Waals surface area contributed by atoms with Crippen LogP contribution in [0.1, 0.15) is 44.1 Å². The molecule has 188 valence electrons. The van der Waals surface area contributed by atoms with Gasteiger partial charge < -0.3 is 14.7 Å². The lowest BCUT2D eigenvalue weighted by Crippen LogP contribution is -2.41. The van der Waals surface area contributed by atoms with Crippen LogP contribution in [0.3, 0.4) is 0 Å². The summed E-state index contributed by atoms with van der Waals surface area (Å²) in [4.78, 5) is 29.6. The number of hydrogen-bond acceptors (Lipinski definition) is 6. The van der Waals surface area contributed by atoms with E-state index in [0.29, 0.717) is 11.4 Å². The van der Waals surface area contributed by atoms with E-state index < -0.39 is 22.9 Å². The number of anilines is 2. The van der Waals surface area contributed by atoms with E-state index in [4.69, 9.17) is 4.74 Å². The van der Waals surface area contributed by atoms with Gasteiger partial charge in [0.15, 0.2) is 17.5 Å². The van der Waals surface area contributed by atoms with Gasteiger partial charge in [-0.15, -0.1) is 0 Å². The van der Waals surface area contributed by atoms with Crippen molar-refractivity contribution in [3.63, 3.8) is 0 Å². The highest BCUT2D eigenvalue weighted by Crippen LogP contribution is 2.32. The quantitative estimate of drug-likeness (QED) is 0.603. The van der Waals surface area contributed by atoms with Crippen LogP contribution in [0.5, 0.6) is 0 Å². The normalized spacial score (nSPS) is 15.8. The first-order valence-corrected chi connectivity index (χ1v) is 11.9. The molecule has 1 fully saturated rings. The third kappa shape index (κ3) is 5.41. The molecule has 8 nitrogen and oxygen atoms in total. The van der Waals surface area contributed by atoms with Gasteiger partial charge >= 0.3 is 5.69 Å². The lowest BCUT2D eigenvalue weighted by Gasteiger charge is -2.20. The van der Waals surface area contributed by atoms with Crippen molar-refractivity contribution in [1.82, 2.24) is 9.13 Å². The van der Waals surface area contributed by atoms with Gasteiger partial charge in [-0.2, -0.15) is 0 Å². The Morgan fingerprint density at radius 1 is 1.14 bits per heavy atom. The van der Waals surface area contributed by atoms with Crippen LogP contribution in [0.15, 0.2) is 27.8 Å². The van der Waals surface area contributed by atoms with Crippen molar-refractivity contribution >= 4 is 11.5 Å². The van der Waals surface area contributed by atoms with E-state index in [2.05, 4.69) is 12.0 Å². The number of aliphatic hydroxyl groups is 1. The number of aliphatic hydroxyl groups excluding tert-OH is 1. The summed E-state index contributed by atoms with van der Waals surface area (Å²) in [6.45, 7) is 0.423. The molecule has 1 aliphatic carbocycles. The van der Waals surface area contributed by atoms with E-state index in [9.17, 15) is 23.5 Å². The van der Waals surface area contributed by atoms with Crippen LogP contribution in [0.2, 0.25) is 0 Å². The number of nitrogens with zero attached hydrogens (tertiary/aromatic N) is 4. The smallest absolute Gasteiger partial charge is 0.332 e. The molecule has 2 heterocycles. The lowest BCUT2D eigenvalue weighted by molar-refractivity contribution is 0.0497. The van der Waals surface area contributed by atoms with Gasteiger partial charge in [0.1, 0.15) is 19.0 Å². The molecule has 0 radical (unpaired) electrons. The molecule has 0 bridgehead atoms. The molecule has 1 aliphatic heterocycles. The van der Waals surface area contributed by atoms with Crippen LogP contribution in [0.4, 0.5) is 20.3 Å². The highest BCUT2D eigenvalue weighted by Gasteiger charge is 2.33. The maximum absolute atomic E-state index is 13.8. The Kier molecular flexibility index (Phi) is 7.88. The molecule has 1 saturated carbocycles. The minimum Gasteiger partial charge on any atom is -0.396 e. The van der Waals surface area contributed by atoms with Crippen LogP contribution >= 0.6 is 0 Å². The van der Waals surface area contributed by atoms with Gasteiger partial charge in [0.2, 0.25) is 0 Å². The average Bonchev–Trinajstić information content (AvgIpc) is 3.21. The number of hydrogen-bond donors (Lipinski definition) is 1. The summed E-state index contributed by atoms with van der Waals surface area (Å²) >= 11 is 0. The summed E-state index contributed by atoms with van der Waals surface area (Å²) in [6.07, 6.45) is 6.04. The number of halogens is 2. The Balaban J connectivity index is 1.65. The summed E-state index contributed by atoms with van der Waals surface area (Å²) in [5.74, 6) is 1.41. The summed E-state index contributed by atoms with van der Waals surface area (Å²) in [5.41, 5.74) is -0.304. The molecule has 0 saturated heterocycles. The average molecular weight is 489 g/mol. The monoisotopic (exact) mass is 488 g/mol. The highest BCUT2D eigenvalue weighted by atomic mass is 19.2. The summed E-state index contributed by atoms with van der Waals surface area (Å²) in [5, 5.41) is 9.18. The second kappa shape index (κ2) is 11.1. The standard InChI is InChI=1S/C25H30F2N4O4/c1-28-23-22(24(33)31(25(28)34)12-5-13-32)30(16-18-9-10-20(26)21(27)15-18)17-29(23)11-6-14-35-19-7-3-2-4-8-19/h9-10,15,19,32H,2-5,7-8,12-14,16-17H2,1H3. The zero-order chi connectivity index (χ0) is 24.9. The Labute approximate surface area is 202 Å². The molecule has 2 aromatic rings. The third-order valence-electron chi connectivity index (χ3n) is 6.43. The summed E-state index contributed by atoms with van der Waals surface area (Å²) < 4.78 is 35.5. The molecule has 0 atom stereocenters. The van der Waals surface area contributed by atoms with Crippen LogP contribution in [-0.4, -0.2) is 40.2 Å². The van der Waals surface area contributed by atoms with Crippen LogP contribution in [0.25, 0.3) is 0 Å². The van der Waals surface area contributed by atoms with Crippen molar-refractivity contribution in [3.05, 3.63) is 56.2 Å². The molecule has 1 N–H and O–H groups in total. The van der Waals surface area contributed by atoms with Crippen molar-refractivity contribution < 1.29 is 18.6 Å². The molecule has 0 unspecified atom stereocenters. The zero-order valence-corrected chi connectivity index (χ0v) is 19.8. The molecule has 1 aromatic heterocycles. The number of fused-ring (bicyclic) bond motifs is 1. The number of ether oxygens (including phenoxy) is 1. The Morgan fingerprint density at radius 3 is 2.63 bits per heavy atom. The van der Waals surface area contributed by atoms with Crippen molar-refractivity contribution in [3.8, 4) is 12.0 Å². The highest BCUT2D eigenvalue weighted by molar-refractivity contribution is 5.74.